The van der Waals surface area contributed by atoms with Crippen LogP contribution in [0.15, 0.2) is 11.6 Å². The van der Waals surface area contributed by atoms with E-state index in [1.807, 2.05) is 0 Å². The van der Waals surface area contributed by atoms with Crippen LogP contribution in [0, 0.1) is 46.3 Å². The van der Waals surface area contributed by atoms with Crippen LogP contribution < -0.4 is 0 Å². The second-order valence-electron chi connectivity index (χ2n) is 15.6. The zero-order chi connectivity index (χ0) is 28.9. The van der Waals surface area contributed by atoms with Gasteiger partial charge in [-0.2, -0.15) is 0 Å². The van der Waals surface area contributed by atoms with Crippen LogP contribution in [0.1, 0.15) is 157 Å². The van der Waals surface area contributed by atoms with Crippen molar-refractivity contribution in [2.75, 3.05) is 0 Å². The molecule has 0 heterocycles. The fourth-order valence-electron chi connectivity index (χ4n) is 10.3. The van der Waals surface area contributed by atoms with Crippen molar-refractivity contribution in [1.29, 1.82) is 0 Å². The average Bonchev–Trinajstić information content (AvgIpc) is 3.26. The van der Waals surface area contributed by atoms with Gasteiger partial charge in [0.05, 0.1) is 6.10 Å². The number of hydrogen-bond acceptors (Lipinski definition) is 3. The molecule has 4 aliphatic carbocycles. The fraction of sp³-hybridized carbons (Fsp3) is 0.919. The molecule has 4 aliphatic rings. The van der Waals surface area contributed by atoms with E-state index in [-0.39, 0.29) is 23.6 Å². The van der Waals surface area contributed by atoms with Crippen LogP contribution in [0.4, 0.5) is 0 Å². The summed E-state index contributed by atoms with van der Waals surface area (Å²) in [5.74, 6) is 4.50. The van der Waals surface area contributed by atoms with E-state index in [0.29, 0.717) is 30.1 Å². The standard InChI is InChI=1S/C37H64O3/c1-7-8-9-10-11-12-13-17-35(39)40-34-25-29(38)24-28-18-19-30-32-21-20-31(27(4)16-14-15-26(2)3)36(32,5)23-22-33(30)37(28,34)6/h18,26-27,29-34,38H,7-17,19-25H2,1-6H3/t27-,29+,30+,31-,32+,33+,34?,36-,37+/m1/s1. The highest BCUT2D eigenvalue weighted by Gasteiger charge is 2.61. The lowest BCUT2D eigenvalue weighted by Crippen LogP contribution is -2.56. The zero-order valence-corrected chi connectivity index (χ0v) is 27.2. The van der Waals surface area contributed by atoms with Crippen molar-refractivity contribution in [3.8, 4) is 0 Å². The van der Waals surface area contributed by atoms with Gasteiger partial charge in [0.25, 0.3) is 0 Å². The van der Waals surface area contributed by atoms with E-state index in [1.165, 1.54) is 82.6 Å². The molecule has 0 saturated heterocycles. The Morgan fingerprint density at radius 2 is 1.70 bits per heavy atom. The summed E-state index contributed by atoms with van der Waals surface area (Å²) in [5, 5.41) is 10.8. The molecule has 3 heteroatoms. The van der Waals surface area contributed by atoms with Crippen molar-refractivity contribution >= 4 is 5.97 Å². The third-order valence-corrected chi connectivity index (χ3v) is 12.6. The number of carbonyl (C=O) groups excluding carboxylic acids is 1. The number of aliphatic hydroxyl groups excluding tert-OH is 1. The summed E-state index contributed by atoms with van der Waals surface area (Å²) in [5.41, 5.74) is 1.74. The molecule has 0 aromatic rings. The van der Waals surface area contributed by atoms with Crippen LogP contribution in [0.3, 0.4) is 0 Å². The van der Waals surface area contributed by atoms with Gasteiger partial charge in [0.1, 0.15) is 6.10 Å². The minimum atomic E-state index is -0.386. The van der Waals surface area contributed by atoms with E-state index in [1.54, 1.807) is 0 Å². The van der Waals surface area contributed by atoms with E-state index in [4.69, 9.17) is 4.74 Å². The summed E-state index contributed by atoms with van der Waals surface area (Å²) in [6, 6.07) is 0. The molecule has 3 saturated carbocycles. The van der Waals surface area contributed by atoms with Crippen LogP contribution in [0.5, 0.6) is 0 Å². The Balaban J connectivity index is 1.40. The van der Waals surface area contributed by atoms with Crippen molar-refractivity contribution in [2.45, 2.75) is 169 Å². The van der Waals surface area contributed by atoms with Crippen LogP contribution in [-0.2, 0) is 9.53 Å². The molecule has 3 nitrogen and oxygen atoms in total. The molecule has 0 aromatic carbocycles. The minimum absolute atomic E-state index is 0.0350. The highest BCUT2D eigenvalue weighted by Crippen LogP contribution is 2.67. The van der Waals surface area contributed by atoms with Gasteiger partial charge in [-0.15, -0.1) is 0 Å². The first kappa shape index (κ1) is 32.1. The molecule has 40 heavy (non-hydrogen) atoms. The van der Waals surface area contributed by atoms with Gasteiger partial charge >= 0.3 is 5.97 Å². The van der Waals surface area contributed by atoms with Crippen molar-refractivity contribution in [1.82, 2.24) is 0 Å². The second kappa shape index (κ2) is 14.1. The first-order chi connectivity index (χ1) is 19.1. The molecular weight excluding hydrogens is 492 g/mol. The molecule has 1 N–H and O–H groups in total. The predicted octanol–water partition coefficient (Wildman–Crippen LogP) is 10.1. The predicted molar refractivity (Wildman–Crippen MR) is 167 cm³/mol. The number of hydrogen-bond donors (Lipinski definition) is 1. The van der Waals surface area contributed by atoms with Gasteiger partial charge in [-0.25, -0.2) is 0 Å². The lowest BCUT2D eigenvalue weighted by atomic mass is 9.46. The minimum Gasteiger partial charge on any atom is -0.461 e. The number of rotatable bonds is 14. The Morgan fingerprint density at radius 1 is 0.975 bits per heavy atom. The van der Waals surface area contributed by atoms with Crippen LogP contribution >= 0.6 is 0 Å². The van der Waals surface area contributed by atoms with Gasteiger partial charge in [-0.3, -0.25) is 4.79 Å². The maximum Gasteiger partial charge on any atom is 0.306 e. The van der Waals surface area contributed by atoms with Gasteiger partial charge < -0.3 is 9.84 Å². The average molecular weight is 557 g/mol. The quantitative estimate of drug-likeness (QED) is 0.131. The SMILES string of the molecule is CCCCCCCCCC(=O)OC1C[C@@H](O)CC2=CC[C@H]3[C@@H]4CC[C@H]([C@H](C)CCCC(C)C)[C@@]4(C)CC[C@@H]3[C@]21C. The van der Waals surface area contributed by atoms with Crippen molar-refractivity contribution in [3.05, 3.63) is 11.6 Å². The highest BCUT2D eigenvalue weighted by atomic mass is 16.5. The summed E-state index contributed by atoms with van der Waals surface area (Å²) < 4.78 is 6.35. The van der Waals surface area contributed by atoms with Crippen LogP contribution in [0.25, 0.3) is 0 Å². The van der Waals surface area contributed by atoms with Crippen molar-refractivity contribution < 1.29 is 14.6 Å². The second-order valence-corrected chi connectivity index (χ2v) is 15.6. The molecule has 0 radical (unpaired) electrons. The molecule has 4 rings (SSSR count). The lowest BCUT2D eigenvalue weighted by molar-refractivity contribution is -0.169. The van der Waals surface area contributed by atoms with Gasteiger partial charge in [0, 0.05) is 18.3 Å². The summed E-state index contributed by atoms with van der Waals surface area (Å²) in [4.78, 5) is 13.1. The molecule has 230 valence electrons. The van der Waals surface area contributed by atoms with Gasteiger partial charge in [-0.1, -0.05) is 111 Å². The molecule has 0 aliphatic heterocycles. The first-order valence-corrected chi connectivity index (χ1v) is 17.7. The number of fused-ring (bicyclic) bond motifs is 5. The summed E-state index contributed by atoms with van der Waals surface area (Å²) in [6.07, 6.45) is 22.9. The van der Waals surface area contributed by atoms with E-state index in [9.17, 15) is 9.90 Å². The maximum absolute atomic E-state index is 13.1. The lowest BCUT2D eigenvalue weighted by Gasteiger charge is -2.60. The van der Waals surface area contributed by atoms with Gasteiger partial charge in [-0.05, 0) is 85.9 Å². The Morgan fingerprint density at radius 3 is 2.42 bits per heavy atom. The normalized spacial score (nSPS) is 37.9. The molecule has 3 fully saturated rings. The highest BCUT2D eigenvalue weighted by molar-refractivity contribution is 5.69. The Kier molecular flexibility index (Phi) is 11.3. The third kappa shape index (κ3) is 6.86. The first-order valence-electron chi connectivity index (χ1n) is 17.7. The topological polar surface area (TPSA) is 46.5 Å². The third-order valence-electron chi connectivity index (χ3n) is 12.6. The molecule has 1 unspecified atom stereocenters. The molecule has 9 atom stereocenters. The van der Waals surface area contributed by atoms with Gasteiger partial charge in [0.15, 0.2) is 0 Å². The fourth-order valence-corrected chi connectivity index (χ4v) is 10.3. The summed E-state index contributed by atoms with van der Waals surface area (Å²) >= 11 is 0. The van der Waals surface area contributed by atoms with Crippen LogP contribution in [0.2, 0.25) is 0 Å². The van der Waals surface area contributed by atoms with E-state index >= 15 is 0 Å². The van der Waals surface area contributed by atoms with Crippen molar-refractivity contribution in [2.24, 2.45) is 46.3 Å². The monoisotopic (exact) mass is 556 g/mol. The number of aliphatic hydroxyl groups is 1. The van der Waals surface area contributed by atoms with E-state index in [0.717, 1.165) is 49.4 Å². The molecule has 0 bridgehead atoms. The number of esters is 1. The summed E-state index contributed by atoms with van der Waals surface area (Å²) in [7, 11) is 0. The Bertz CT molecular complexity index is 846. The Labute approximate surface area is 247 Å². The number of ether oxygens (including phenoxy) is 1. The smallest absolute Gasteiger partial charge is 0.306 e. The van der Waals surface area contributed by atoms with Crippen LogP contribution in [-0.4, -0.2) is 23.3 Å². The maximum atomic E-state index is 13.1. The summed E-state index contributed by atoms with van der Waals surface area (Å²) in [6.45, 7) is 14.6. The molecular formula is C37H64O3. The number of unbranched alkanes of at least 4 members (excludes halogenated alkanes) is 6. The number of carbonyl (C=O) groups is 1. The van der Waals surface area contributed by atoms with E-state index < -0.39 is 0 Å². The van der Waals surface area contributed by atoms with E-state index in [2.05, 4.69) is 47.6 Å². The van der Waals surface area contributed by atoms with Crippen molar-refractivity contribution in [3.63, 3.8) is 0 Å². The molecule has 0 amide bonds. The Hall–Kier alpha value is -0.830. The zero-order valence-electron chi connectivity index (χ0n) is 27.2. The molecule has 0 spiro atoms. The number of allylic oxidation sites excluding steroid dienone is 1. The van der Waals surface area contributed by atoms with Gasteiger partial charge in [0.2, 0.25) is 0 Å². The molecule has 0 aromatic heterocycles. The largest absolute Gasteiger partial charge is 0.461 e.